The quantitative estimate of drug-likeness (QED) is 0.623. The van der Waals surface area contributed by atoms with E-state index in [-0.39, 0.29) is 19.3 Å². The van der Waals surface area contributed by atoms with Crippen LogP contribution in [0, 0.1) is 6.92 Å². The molecule has 1 heterocycles. The van der Waals surface area contributed by atoms with Crippen LogP contribution in [0.15, 0.2) is 5.51 Å². The Bertz CT molecular complexity index is 261. The van der Waals surface area contributed by atoms with Gasteiger partial charge in [-0.15, -0.1) is 11.3 Å². The second kappa shape index (κ2) is 6.08. The molecule has 4 nitrogen and oxygen atoms in total. The summed E-state index contributed by atoms with van der Waals surface area (Å²) in [6.45, 7) is 2.69. The third-order valence-electron chi connectivity index (χ3n) is 2.07. The minimum atomic E-state index is -0.205. The smallest absolute Gasteiger partial charge is 0.0797 e. The number of hydrogen-bond acceptors (Lipinski definition) is 5. The van der Waals surface area contributed by atoms with E-state index in [0.717, 1.165) is 18.7 Å². The van der Waals surface area contributed by atoms with Crippen molar-refractivity contribution >= 4 is 11.3 Å². The van der Waals surface area contributed by atoms with E-state index < -0.39 is 0 Å². The van der Waals surface area contributed by atoms with Gasteiger partial charge in [0.1, 0.15) is 0 Å². The summed E-state index contributed by atoms with van der Waals surface area (Å²) in [5.41, 5.74) is 2.90. The minimum absolute atomic E-state index is 0.0296. The molecular weight excluding hydrogens is 200 g/mol. The normalized spacial score (nSPS) is 11.1. The number of aliphatic hydroxyl groups is 2. The molecule has 0 aromatic carbocycles. The van der Waals surface area contributed by atoms with Crippen LogP contribution < -0.4 is 5.32 Å². The Morgan fingerprint density at radius 2 is 2.21 bits per heavy atom. The van der Waals surface area contributed by atoms with Crippen LogP contribution in [-0.2, 0) is 6.42 Å². The van der Waals surface area contributed by atoms with Gasteiger partial charge in [-0.25, -0.2) is 4.98 Å². The van der Waals surface area contributed by atoms with E-state index in [1.807, 2.05) is 12.4 Å². The maximum atomic E-state index is 8.81. The predicted molar refractivity (Wildman–Crippen MR) is 56.5 cm³/mol. The van der Waals surface area contributed by atoms with Gasteiger partial charge in [0, 0.05) is 11.4 Å². The van der Waals surface area contributed by atoms with Crippen LogP contribution in [0.3, 0.4) is 0 Å². The molecule has 0 aliphatic carbocycles. The van der Waals surface area contributed by atoms with Crippen molar-refractivity contribution in [1.29, 1.82) is 0 Å². The summed E-state index contributed by atoms with van der Waals surface area (Å²) in [6, 6.07) is -0.205. The van der Waals surface area contributed by atoms with Crippen LogP contribution in [-0.4, -0.2) is 41.0 Å². The summed E-state index contributed by atoms with van der Waals surface area (Å²) in [6.07, 6.45) is 0.896. The molecule has 0 bridgehead atoms. The van der Waals surface area contributed by atoms with Gasteiger partial charge in [0.05, 0.1) is 30.5 Å². The molecule has 1 aromatic heterocycles. The summed E-state index contributed by atoms with van der Waals surface area (Å²) < 4.78 is 0. The van der Waals surface area contributed by atoms with Gasteiger partial charge in [-0.3, -0.25) is 0 Å². The Labute approximate surface area is 87.6 Å². The Morgan fingerprint density at radius 1 is 1.50 bits per heavy atom. The number of aliphatic hydroxyl groups excluding tert-OH is 2. The van der Waals surface area contributed by atoms with E-state index in [1.165, 1.54) is 4.88 Å². The molecule has 0 atom stereocenters. The fraction of sp³-hybridized carbons (Fsp3) is 0.667. The molecule has 0 saturated heterocycles. The average Bonchev–Trinajstić information content (AvgIpc) is 2.59. The van der Waals surface area contributed by atoms with Crippen LogP contribution in [0.1, 0.15) is 10.6 Å². The highest BCUT2D eigenvalue weighted by Crippen LogP contribution is 2.11. The maximum absolute atomic E-state index is 8.81. The monoisotopic (exact) mass is 216 g/mol. The van der Waals surface area contributed by atoms with E-state index in [9.17, 15) is 0 Å². The number of rotatable bonds is 6. The van der Waals surface area contributed by atoms with Gasteiger partial charge in [0.25, 0.3) is 0 Å². The first-order valence-electron chi connectivity index (χ1n) is 4.62. The highest BCUT2D eigenvalue weighted by Gasteiger charge is 2.05. The zero-order chi connectivity index (χ0) is 10.4. The van der Waals surface area contributed by atoms with Crippen molar-refractivity contribution in [3.05, 3.63) is 16.1 Å². The molecule has 1 aromatic rings. The van der Waals surface area contributed by atoms with E-state index in [0.29, 0.717) is 0 Å². The minimum Gasteiger partial charge on any atom is -0.395 e. The first kappa shape index (κ1) is 11.6. The van der Waals surface area contributed by atoms with Crippen molar-refractivity contribution in [2.75, 3.05) is 19.8 Å². The van der Waals surface area contributed by atoms with Crippen LogP contribution >= 0.6 is 11.3 Å². The van der Waals surface area contributed by atoms with Crippen molar-refractivity contribution in [1.82, 2.24) is 10.3 Å². The Kier molecular flexibility index (Phi) is 5.03. The van der Waals surface area contributed by atoms with Gasteiger partial charge >= 0.3 is 0 Å². The van der Waals surface area contributed by atoms with Gasteiger partial charge in [-0.2, -0.15) is 0 Å². The predicted octanol–water partition coefficient (Wildman–Crippen LogP) is -0.0632. The third kappa shape index (κ3) is 3.34. The zero-order valence-corrected chi connectivity index (χ0v) is 9.05. The van der Waals surface area contributed by atoms with Crippen molar-refractivity contribution in [2.45, 2.75) is 19.4 Å². The Hall–Kier alpha value is -0.490. The molecule has 0 unspecified atom stereocenters. The summed E-state index contributed by atoms with van der Waals surface area (Å²) >= 11 is 1.64. The number of nitrogens with one attached hydrogen (secondary N) is 1. The second-order valence-electron chi connectivity index (χ2n) is 3.13. The topological polar surface area (TPSA) is 65.4 Å². The van der Waals surface area contributed by atoms with Crippen LogP contribution in [0.25, 0.3) is 0 Å². The molecule has 0 radical (unpaired) electrons. The number of aryl methyl sites for hydroxylation is 1. The number of hydrogen-bond donors (Lipinski definition) is 3. The first-order valence-corrected chi connectivity index (χ1v) is 5.50. The highest BCUT2D eigenvalue weighted by molar-refractivity contribution is 7.09. The van der Waals surface area contributed by atoms with E-state index in [2.05, 4.69) is 10.3 Å². The molecule has 14 heavy (non-hydrogen) atoms. The highest BCUT2D eigenvalue weighted by atomic mass is 32.1. The van der Waals surface area contributed by atoms with Crippen LogP contribution in [0.4, 0.5) is 0 Å². The molecule has 0 fully saturated rings. The van der Waals surface area contributed by atoms with E-state index in [4.69, 9.17) is 10.2 Å². The standard InChI is InChI=1S/C9H16N2O2S/c1-7-9(14-6-11-7)2-3-10-8(4-12)5-13/h6,8,10,12-13H,2-5H2,1H3. The number of aromatic nitrogens is 1. The zero-order valence-electron chi connectivity index (χ0n) is 8.23. The van der Waals surface area contributed by atoms with Gasteiger partial charge in [-0.1, -0.05) is 0 Å². The molecule has 5 heteroatoms. The van der Waals surface area contributed by atoms with Gasteiger partial charge < -0.3 is 15.5 Å². The van der Waals surface area contributed by atoms with Crippen molar-refractivity contribution < 1.29 is 10.2 Å². The maximum Gasteiger partial charge on any atom is 0.0797 e. The summed E-state index contributed by atoms with van der Waals surface area (Å²) in [7, 11) is 0. The third-order valence-corrected chi connectivity index (χ3v) is 3.07. The van der Waals surface area contributed by atoms with Gasteiger partial charge in [0.15, 0.2) is 0 Å². The molecular formula is C9H16N2O2S. The van der Waals surface area contributed by atoms with Crippen molar-refractivity contribution in [2.24, 2.45) is 0 Å². The summed E-state index contributed by atoms with van der Waals surface area (Å²) in [4.78, 5) is 5.40. The molecule has 80 valence electrons. The average molecular weight is 216 g/mol. The van der Waals surface area contributed by atoms with Gasteiger partial charge in [0.2, 0.25) is 0 Å². The fourth-order valence-electron chi connectivity index (χ4n) is 1.14. The second-order valence-corrected chi connectivity index (χ2v) is 4.07. The summed E-state index contributed by atoms with van der Waals surface area (Å²) in [5, 5.41) is 20.7. The fourth-order valence-corrected chi connectivity index (χ4v) is 1.92. The Balaban J connectivity index is 2.24. The van der Waals surface area contributed by atoms with E-state index in [1.54, 1.807) is 11.3 Å². The molecule has 0 spiro atoms. The van der Waals surface area contributed by atoms with Crippen molar-refractivity contribution in [3.63, 3.8) is 0 Å². The summed E-state index contributed by atoms with van der Waals surface area (Å²) in [5.74, 6) is 0. The van der Waals surface area contributed by atoms with Crippen molar-refractivity contribution in [3.8, 4) is 0 Å². The van der Waals surface area contributed by atoms with E-state index >= 15 is 0 Å². The SMILES string of the molecule is Cc1ncsc1CCNC(CO)CO. The molecule has 0 aliphatic rings. The lowest BCUT2D eigenvalue weighted by atomic mass is 10.2. The lowest BCUT2D eigenvalue weighted by molar-refractivity contribution is 0.172. The van der Waals surface area contributed by atoms with Gasteiger partial charge in [-0.05, 0) is 13.3 Å². The molecule has 1 rings (SSSR count). The number of nitrogens with zero attached hydrogens (tertiary/aromatic N) is 1. The molecule has 0 saturated carbocycles. The number of thiazole rings is 1. The lowest BCUT2D eigenvalue weighted by Crippen LogP contribution is -2.36. The van der Waals surface area contributed by atoms with Crippen LogP contribution in [0.5, 0.6) is 0 Å². The molecule has 0 aliphatic heterocycles. The molecule has 0 amide bonds. The van der Waals surface area contributed by atoms with Crippen LogP contribution in [0.2, 0.25) is 0 Å². The Morgan fingerprint density at radius 3 is 2.71 bits per heavy atom. The molecule has 3 N–H and O–H groups in total. The first-order chi connectivity index (χ1) is 6.77. The lowest BCUT2D eigenvalue weighted by Gasteiger charge is -2.12. The largest absolute Gasteiger partial charge is 0.395 e.